The Morgan fingerprint density at radius 3 is 2.54 bits per heavy atom. The van der Waals surface area contributed by atoms with E-state index in [4.69, 9.17) is 16.3 Å². The first-order valence-electron chi connectivity index (χ1n) is 8.70. The molecule has 1 amide bonds. The van der Waals surface area contributed by atoms with Crippen LogP contribution in [-0.4, -0.2) is 23.0 Å². The zero-order valence-corrected chi connectivity index (χ0v) is 16.9. The van der Waals surface area contributed by atoms with E-state index in [9.17, 15) is 4.79 Å². The summed E-state index contributed by atoms with van der Waals surface area (Å²) in [5.74, 6) is 0.455. The number of methoxy groups -OCH3 is 1. The summed E-state index contributed by atoms with van der Waals surface area (Å²) in [6.45, 7) is 5.89. The molecular weight excluding hydrogens is 376 g/mol. The molecule has 7 heteroatoms. The van der Waals surface area contributed by atoms with Gasteiger partial charge in [-0.15, -0.1) is 0 Å². The van der Waals surface area contributed by atoms with Crippen molar-refractivity contribution in [2.45, 2.75) is 20.8 Å². The molecule has 3 aromatic rings. The Morgan fingerprint density at radius 1 is 1.04 bits per heavy atom. The number of aryl methyl sites for hydroxylation is 3. The number of aromatic nitrogens is 2. The van der Waals surface area contributed by atoms with E-state index in [2.05, 4.69) is 26.7 Å². The highest BCUT2D eigenvalue weighted by Gasteiger charge is 2.14. The van der Waals surface area contributed by atoms with Crippen LogP contribution in [0.5, 0.6) is 5.75 Å². The van der Waals surface area contributed by atoms with Crippen molar-refractivity contribution in [3.63, 3.8) is 0 Å². The highest BCUT2D eigenvalue weighted by Crippen LogP contribution is 2.31. The summed E-state index contributed by atoms with van der Waals surface area (Å²) < 4.78 is 5.30. The molecule has 144 valence electrons. The number of nitrogens with zero attached hydrogens (tertiary/aromatic N) is 2. The lowest BCUT2D eigenvalue weighted by Gasteiger charge is -2.13. The first-order valence-corrected chi connectivity index (χ1v) is 9.08. The molecule has 1 heterocycles. The molecule has 0 bridgehead atoms. The molecule has 0 fully saturated rings. The normalized spacial score (nSPS) is 10.5. The fraction of sp³-hybridized carbons (Fsp3) is 0.190. The third-order valence-electron chi connectivity index (χ3n) is 4.25. The first-order chi connectivity index (χ1) is 13.4. The van der Waals surface area contributed by atoms with Gasteiger partial charge in [0.2, 0.25) is 5.95 Å². The van der Waals surface area contributed by atoms with Crippen LogP contribution in [-0.2, 0) is 0 Å². The van der Waals surface area contributed by atoms with Gasteiger partial charge in [0.1, 0.15) is 11.4 Å². The van der Waals surface area contributed by atoms with Gasteiger partial charge in [0.25, 0.3) is 5.91 Å². The highest BCUT2D eigenvalue weighted by molar-refractivity contribution is 6.31. The molecular formula is C21H21ClN4O2. The summed E-state index contributed by atoms with van der Waals surface area (Å²) >= 11 is 6.12. The Morgan fingerprint density at radius 2 is 1.82 bits per heavy atom. The molecule has 1 aromatic heterocycles. The number of carbonyl (C=O) groups excluding carboxylic acids is 1. The molecule has 0 saturated heterocycles. The minimum Gasteiger partial charge on any atom is -0.495 e. The maximum Gasteiger partial charge on any atom is 0.274 e. The van der Waals surface area contributed by atoms with Crippen molar-refractivity contribution < 1.29 is 9.53 Å². The third kappa shape index (κ3) is 4.40. The monoisotopic (exact) mass is 396 g/mol. The zero-order valence-electron chi connectivity index (χ0n) is 16.1. The molecule has 0 saturated carbocycles. The van der Waals surface area contributed by atoms with E-state index >= 15 is 0 Å². The lowest BCUT2D eigenvalue weighted by molar-refractivity contribution is 0.102. The minimum absolute atomic E-state index is 0.233. The predicted octanol–water partition coefficient (Wildman–Crippen LogP) is 5.06. The van der Waals surface area contributed by atoms with Crippen molar-refractivity contribution in [3.05, 3.63) is 70.0 Å². The van der Waals surface area contributed by atoms with Crippen molar-refractivity contribution in [3.8, 4) is 5.75 Å². The maximum absolute atomic E-state index is 12.7. The third-order valence-corrected chi connectivity index (χ3v) is 4.65. The van der Waals surface area contributed by atoms with E-state index < -0.39 is 0 Å². The molecule has 6 nitrogen and oxygen atoms in total. The first kappa shape index (κ1) is 19.6. The minimum atomic E-state index is -0.369. The molecule has 0 radical (unpaired) electrons. The quantitative estimate of drug-likeness (QED) is 0.630. The summed E-state index contributed by atoms with van der Waals surface area (Å²) in [5.41, 5.74) is 4.72. The smallest absolute Gasteiger partial charge is 0.274 e. The molecule has 0 atom stereocenters. The lowest BCUT2D eigenvalue weighted by Crippen LogP contribution is -2.15. The van der Waals surface area contributed by atoms with Gasteiger partial charge < -0.3 is 15.4 Å². The maximum atomic E-state index is 12.7. The highest BCUT2D eigenvalue weighted by atomic mass is 35.5. The molecule has 28 heavy (non-hydrogen) atoms. The number of hydrogen-bond donors (Lipinski definition) is 2. The van der Waals surface area contributed by atoms with Gasteiger partial charge in [-0.3, -0.25) is 4.79 Å². The topological polar surface area (TPSA) is 76.1 Å². The summed E-state index contributed by atoms with van der Waals surface area (Å²) in [5, 5.41) is 6.53. The van der Waals surface area contributed by atoms with Gasteiger partial charge in [-0.05, 0) is 50.1 Å². The van der Waals surface area contributed by atoms with Crippen LogP contribution < -0.4 is 15.4 Å². The average molecular weight is 397 g/mol. The van der Waals surface area contributed by atoms with E-state index in [0.717, 1.165) is 16.8 Å². The fourth-order valence-corrected chi connectivity index (χ4v) is 2.89. The van der Waals surface area contributed by atoms with Crippen molar-refractivity contribution in [2.75, 3.05) is 17.7 Å². The number of nitrogens with one attached hydrogen (secondary N) is 2. The largest absolute Gasteiger partial charge is 0.495 e. The van der Waals surface area contributed by atoms with E-state index in [1.807, 2.05) is 32.9 Å². The molecule has 0 aliphatic heterocycles. The van der Waals surface area contributed by atoms with Gasteiger partial charge in [0.15, 0.2) is 0 Å². The van der Waals surface area contributed by atoms with Gasteiger partial charge >= 0.3 is 0 Å². The van der Waals surface area contributed by atoms with E-state index in [0.29, 0.717) is 22.4 Å². The second kappa shape index (κ2) is 8.27. The summed E-state index contributed by atoms with van der Waals surface area (Å²) in [6.07, 6.45) is 1.54. The number of ether oxygens (including phenoxy) is 1. The van der Waals surface area contributed by atoms with E-state index in [1.54, 1.807) is 18.2 Å². The number of rotatable bonds is 5. The SMILES string of the molecule is COc1cc(Cl)c(C)cc1NC(=O)c1ccnc(Nc2ccc(C)cc2C)n1. The average Bonchev–Trinajstić information content (AvgIpc) is 2.67. The van der Waals surface area contributed by atoms with Crippen LogP contribution in [0.3, 0.4) is 0 Å². The van der Waals surface area contributed by atoms with Crippen LogP contribution in [0, 0.1) is 20.8 Å². The lowest BCUT2D eigenvalue weighted by atomic mass is 10.1. The summed E-state index contributed by atoms with van der Waals surface area (Å²) in [4.78, 5) is 21.2. The van der Waals surface area contributed by atoms with Gasteiger partial charge in [0.05, 0.1) is 12.8 Å². The van der Waals surface area contributed by atoms with E-state index in [1.165, 1.54) is 18.9 Å². The number of amides is 1. The Hall–Kier alpha value is -3.12. The number of halogens is 1. The Kier molecular flexibility index (Phi) is 5.80. The number of benzene rings is 2. The molecule has 3 rings (SSSR count). The number of hydrogen-bond acceptors (Lipinski definition) is 5. The van der Waals surface area contributed by atoms with Gasteiger partial charge in [-0.1, -0.05) is 29.3 Å². The van der Waals surface area contributed by atoms with Crippen LogP contribution in [0.2, 0.25) is 5.02 Å². The van der Waals surface area contributed by atoms with Crippen LogP contribution >= 0.6 is 11.6 Å². The second-order valence-corrected chi connectivity index (χ2v) is 6.87. The molecule has 0 aliphatic carbocycles. The van der Waals surface area contributed by atoms with Gasteiger partial charge in [-0.2, -0.15) is 0 Å². The van der Waals surface area contributed by atoms with Gasteiger partial charge in [0, 0.05) is 23.0 Å². The van der Waals surface area contributed by atoms with Crippen LogP contribution in [0.25, 0.3) is 0 Å². The van der Waals surface area contributed by atoms with Crippen molar-refractivity contribution in [1.82, 2.24) is 9.97 Å². The molecule has 0 aliphatic rings. The summed E-state index contributed by atoms with van der Waals surface area (Å²) in [6, 6.07) is 11.0. The van der Waals surface area contributed by atoms with Crippen molar-refractivity contribution >= 4 is 34.8 Å². The zero-order chi connectivity index (χ0) is 20.3. The van der Waals surface area contributed by atoms with Crippen molar-refractivity contribution in [2.24, 2.45) is 0 Å². The Bertz CT molecular complexity index is 1040. The fourth-order valence-electron chi connectivity index (χ4n) is 2.74. The standard InChI is InChI=1S/C21H21ClN4O2/c1-12-5-6-16(14(3)9-12)25-21-23-8-7-17(26-21)20(27)24-18-10-13(2)15(22)11-19(18)28-4/h5-11H,1-4H3,(H,24,27)(H,23,25,26). The molecule has 2 aromatic carbocycles. The van der Waals surface area contributed by atoms with Crippen LogP contribution in [0.4, 0.5) is 17.3 Å². The second-order valence-electron chi connectivity index (χ2n) is 6.46. The molecule has 0 unspecified atom stereocenters. The van der Waals surface area contributed by atoms with E-state index in [-0.39, 0.29) is 11.6 Å². The molecule has 0 spiro atoms. The Labute approximate surface area is 168 Å². The van der Waals surface area contributed by atoms with Crippen molar-refractivity contribution in [1.29, 1.82) is 0 Å². The Balaban J connectivity index is 1.82. The van der Waals surface area contributed by atoms with Crippen LogP contribution in [0.15, 0.2) is 42.6 Å². The number of carbonyl (C=O) groups is 1. The molecule has 2 N–H and O–H groups in total. The predicted molar refractivity (Wildman–Crippen MR) is 112 cm³/mol. The number of anilines is 3. The van der Waals surface area contributed by atoms with Gasteiger partial charge in [-0.25, -0.2) is 9.97 Å². The van der Waals surface area contributed by atoms with Crippen LogP contribution in [0.1, 0.15) is 27.2 Å². The summed E-state index contributed by atoms with van der Waals surface area (Å²) in [7, 11) is 1.52.